The average molecular weight is 273 g/mol. The summed E-state index contributed by atoms with van der Waals surface area (Å²) in [6, 6.07) is 0. The molecule has 2 rings (SSSR count). The Morgan fingerprint density at radius 2 is 2.00 bits per heavy atom. The third kappa shape index (κ3) is 4.07. The highest BCUT2D eigenvalue weighted by molar-refractivity contribution is 6.83. The van der Waals surface area contributed by atoms with Crippen molar-refractivity contribution in [2.24, 2.45) is 5.41 Å². The molecule has 0 aliphatic carbocycles. The second-order valence-corrected chi connectivity index (χ2v) is 11.8. The lowest BCUT2D eigenvalue weighted by atomic mass is 9.93. The Morgan fingerprint density at radius 3 is 2.58 bits per heavy atom. The molecule has 102 valence electrons. The Morgan fingerprint density at radius 1 is 1.26 bits per heavy atom. The van der Waals surface area contributed by atoms with Crippen molar-refractivity contribution in [3.8, 4) is 11.5 Å². The SMILES string of the molecule is CC1(C)CCN(c2cncc(C#C[Si](C)(C)C)n2)C1. The van der Waals surface area contributed by atoms with Crippen LogP contribution in [0.1, 0.15) is 26.0 Å². The van der Waals surface area contributed by atoms with E-state index in [-0.39, 0.29) is 0 Å². The van der Waals surface area contributed by atoms with Crippen LogP contribution in [0.15, 0.2) is 12.4 Å². The average Bonchev–Trinajstić information content (AvgIpc) is 2.67. The first-order chi connectivity index (χ1) is 8.75. The molecular weight excluding hydrogens is 250 g/mol. The van der Waals surface area contributed by atoms with Gasteiger partial charge in [0, 0.05) is 13.1 Å². The minimum absolute atomic E-state index is 0.377. The van der Waals surface area contributed by atoms with Crippen molar-refractivity contribution >= 4 is 13.9 Å². The van der Waals surface area contributed by atoms with Gasteiger partial charge in [-0.3, -0.25) is 4.98 Å². The van der Waals surface area contributed by atoms with Gasteiger partial charge >= 0.3 is 0 Å². The molecule has 0 bridgehead atoms. The highest BCUT2D eigenvalue weighted by atomic mass is 28.3. The summed E-state index contributed by atoms with van der Waals surface area (Å²) in [5.74, 6) is 4.15. The van der Waals surface area contributed by atoms with E-state index in [2.05, 4.69) is 59.8 Å². The Kier molecular flexibility index (Phi) is 3.68. The fraction of sp³-hybridized carbons (Fsp3) is 0.600. The molecule has 0 amide bonds. The van der Waals surface area contributed by atoms with E-state index in [9.17, 15) is 0 Å². The monoisotopic (exact) mass is 273 g/mol. The van der Waals surface area contributed by atoms with E-state index < -0.39 is 8.07 Å². The summed E-state index contributed by atoms with van der Waals surface area (Å²) in [4.78, 5) is 11.2. The summed E-state index contributed by atoms with van der Waals surface area (Å²) in [5.41, 5.74) is 4.51. The first-order valence-corrected chi connectivity index (χ1v) is 10.4. The zero-order valence-electron chi connectivity index (χ0n) is 12.6. The van der Waals surface area contributed by atoms with Crippen LogP contribution >= 0.6 is 0 Å². The Bertz CT molecular complexity index is 520. The molecule has 0 atom stereocenters. The van der Waals surface area contributed by atoms with Crippen LogP contribution in [0.2, 0.25) is 19.6 Å². The second-order valence-electron chi connectivity index (χ2n) is 7.10. The normalized spacial score (nSPS) is 18.1. The standard InChI is InChI=1S/C15H23N3Si/c1-15(2)7-8-18(12-15)14-11-16-10-13(17-14)6-9-19(3,4)5/h10-11H,7-8,12H2,1-5H3. The fourth-order valence-corrected chi connectivity index (χ4v) is 2.63. The molecule has 0 N–H and O–H groups in total. The largest absolute Gasteiger partial charge is 0.355 e. The van der Waals surface area contributed by atoms with Gasteiger partial charge in [0.2, 0.25) is 0 Å². The molecule has 4 heteroatoms. The number of aromatic nitrogens is 2. The van der Waals surface area contributed by atoms with E-state index in [0.29, 0.717) is 5.41 Å². The molecule has 1 aromatic heterocycles. The Hall–Kier alpha value is -1.34. The molecule has 19 heavy (non-hydrogen) atoms. The predicted molar refractivity (Wildman–Crippen MR) is 82.9 cm³/mol. The Balaban J connectivity index is 2.18. The van der Waals surface area contributed by atoms with Crippen LogP contribution in [-0.2, 0) is 0 Å². The van der Waals surface area contributed by atoms with Gasteiger partial charge < -0.3 is 4.90 Å². The summed E-state index contributed by atoms with van der Waals surface area (Å²) in [6.45, 7) is 13.4. The van der Waals surface area contributed by atoms with Crippen LogP contribution in [0.25, 0.3) is 0 Å². The van der Waals surface area contributed by atoms with Crippen LogP contribution in [0.3, 0.4) is 0 Å². The number of nitrogens with zero attached hydrogens (tertiary/aromatic N) is 3. The first kappa shape index (κ1) is 14.1. The first-order valence-electron chi connectivity index (χ1n) is 6.85. The Labute approximate surface area is 117 Å². The van der Waals surface area contributed by atoms with Crippen molar-refractivity contribution in [3.05, 3.63) is 18.1 Å². The molecule has 0 aromatic carbocycles. The molecule has 1 saturated heterocycles. The van der Waals surface area contributed by atoms with Crippen LogP contribution in [-0.4, -0.2) is 31.1 Å². The van der Waals surface area contributed by atoms with Gasteiger partial charge in [0.25, 0.3) is 0 Å². The second kappa shape index (κ2) is 4.97. The summed E-state index contributed by atoms with van der Waals surface area (Å²) in [6.07, 6.45) is 4.82. The van der Waals surface area contributed by atoms with Gasteiger partial charge in [0.05, 0.1) is 12.4 Å². The molecule has 0 saturated carbocycles. The van der Waals surface area contributed by atoms with E-state index in [1.165, 1.54) is 6.42 Å². The van der Waals surface area contributed by atoms with Crippen molar-refractivity contribution in [3.63, 3.8) is 0 Å². The lowest BCUT2D eigenvalue weighted by molar-refractivity contribution is 0.418. The van der Waals surface area contributed by atoms with Crippen molar-refractivity contribution in [1.29, 1.82) is 0 Å². The number of anilines is 1. The predicted octanol–water partition coefficient (Wildman–Crippen LogP) is 2.94. The zero-order valence-corrected chi connectivity index (χ0v) is 13.6. The van der Waals surface area contributed by atoms with Crippen molar-refractivity contribution in [2.75, 3.05) is 18.0 Å². The van der Waals surface area contributed by atoms with Crippen LogP contribution in [0, 0.1) is 16.9 Å². The topological polar surface area (TPSA) is 29.0 Å². The molecular formula is C15H23N3Si. The lowest BCUT2D eigenvalue weighted by Gasteiger charge is -2.20. The molecule has 2 heterocycles. The van der Waals surface area contributed by atoms with E-state index in [0.717, 1.165) is 24.6 Å². The van der Waals surface area contributed by atoms with Gasteiger partial charge in [-0.1, -0.05) is 39.4 Å². The van der Waals surface area contributed by atoms with Gasteiger partial charge in [-0.05, 0) is 11.8 Å². The highest BCUT2D eigenvalue weighted by Gasteiger charge is 2.30. The van der Waals surface area contributed by atoms with Crippen molar-refractivity contribution in [2.45, 2.75) is 39.9 Å². The van der Waals surface area contributed by atoms with E-state index >= 15 is 0 Å². The van der Waals surface area contributed by atoms with E-state index in [1.54, 1.807) is 6.20 Å². The fourth-order valence-electron chi connectivity index (χ4n) is 2.13. The molecule has 1 fully saturated rings. The highest BCUT2D eigenvalue weighted by Crippen LogP contribution is 2.31. The molecule has 3 nitrogen and oxygen atoms in total. The summed E-state index contributed by atoms with van der Waals surface area (Å²) in [5, 5.41) is 0. The number of rotatable bonds is 1. The van der Waals surface area contributed by atoms with E-state index in [1.807, 2.05) is 6.20 Å². The van der Waals surface area contributed by atoms with Crippen LogP contribution in [0.4, 0.5) is 5.82 Å². The maximum atomic E-state index is 4.64. The molecule has 0 radical (unpaired) electrons. The molecule has 1 aliphatic rings. The minimum atomic E-state index is -1.35. The molecule has 1 aromatic rings. The summed E-state index contributed by atoms with van der Waals surface area (Å²) >= 11 is 0. The van der Waals surface area contributed by atoms with Crippen molar-refractivity contribution < 1.29 is 0 Å². The minimum Gasteiger partial charge on any atom is -0.355 e. The van der Waals surface area contributed by atoms with Gasteiger partial charge in [-0.2, -0.15) is 0 Å². The summed E-state index contributed by atoms with van der Waals surface area (Å²) < 4.78 is 0. The molecule has 1 aliphatic heterocycles. The molecule has 0 unspecified atom stereocenters. The van der Waals surface area contributed by atoms with Gasteiger partial charge in [-0.15, -0.1) is 5.54 Å². The third-order valence-electron chi connectivity index (χ3n) is 3.19. The van der Waals surface area contributed by atoms with Crippen LogP contribution < -0.4 is 4.90 Å². The maximum absolute atomic E-state index is 4.64. The van der Waals surface area contributed by atoms with Crippen LogP contribution in [0.5, 0.6) is 0 Å². The number of hydrogen-bond acceptors (Lipinski definition) is 3. The van der Waals surface area contributed by atoms with Gasteiger partial charge in [0.15, 0.2) is 0 Å². The quantitative estimate of drug-likeness (QED) is 0.582. The maximum Gasteiger partial charge on any atom is 0.148 e. The summed E-state index contributed by atoms with van der Waals surface area (Å²) in [7, 11) is -1.35. The number of hydrogen-bond donors (Lipinski definition) is 0. The lowest BCUT2D eigenvalue weighted by Crippen LogP contribution is -2.24. The van der Waals surface area contributed by atoms with E-state index in [4.69, 9.17) is 0 Å². The van der Waals surface area contributed by atoms with Gasteiger partial charge in [0.1, 0.15) is 19.6 Å². The molecule has 0 spiro atoms. The smallest absolute Gasteiger partial charge is 0.148 e. The third-order valence-corrected chi connectivity index (χ3v) is 4.06. The zero-order chi connectivity index (χ0) is 14.1. The van der Waals surface area contributed by atoms with Gasteiger partial charge in [-0.25, -0.2) is 4.98 Å². The van der Waals surface area contributed by atoms with Crippen molar-refractivity contribution in [1.82, 2.24) is 9.97 Å².